The number of ether oxygens (including phenoxy) is 1. The van der Waals surface area contributed by atoms with Crippen LogP contribution in [0.4, 0.5) is 13.2 Å². The van der Waals surface area contributed by atoms with E-state index in [0.29, 0.717) is 12.6 Å². The summed E-state index contributed by atoms with van der Waals surface area (Å²) in [5, 5.41) is 3.15. The van der Waals surface area contributed by atoms with Crippen LogP contribution in [-0.2, 0) is 6.54 Å². The summed E-state index contributed by atoms with van der Waals surface area (Å²) in [6.07, 6.45) is 0.994. The van der Waals surface area contributed by atoms with Gasteiger partial charge in [0, 0.05) is 12.6 Å². The fourth-order valence-electron chi connectivity index (χ4n) is 1.82. The van der Waals surface area contributed by atoms with Crippen LogP contribution in [0.2, 0.25) is 0 Å². The third-order valence-corrected chi connectivity index (χ3v) is 2.87. The number of halogens is 3. The third kappa shape index (κ3) is 4.23. The van der Waals surface area contributed by atoms with E-state index < -0.39 is 17.5 Å². The molecule has 2 aromatic carbocycles. The molecule has 0 amide bonds. The van der Waals surface area contributed by atoms with Crippen molar-refractivity contribution >= 4 is 0 Å². The van der Waals surface area contributed by atoms with Crippen LogP contribution in [0.15, 0.2) is 36.4 Å². The minimum Gasteiger partial charge on any atom is -0.451 e. The van der Waals surface area contributed by atoms with E-state index in [1.807, 2.05) is 6.92 Å². The first-order valence-corrected chi connectivity index (χ1v) is 6.72. The van der Waals surface area contributed by atoms with Crippen LogP contribution < -0.4 is 10.1 Å². The van der Waals surface area contributed by atoms with Gasteiger partial charge in [0.1, 0.15) is 5.82 Å². The second-order valence-electron chi connectivity index (χ2n) is 4.62. The minimum atomic E-state index is -0.872. The van der Waals surface area contributed by atoms with Gasteiger partial charge in [0.15, 0.2) is 23.1 Å². The number of rotatable bonds is 6. The predicted molar refractivity (Wildman–Crippen MR) is 74.8 cm³/mol. The Kier molecular flexibility index (Phi) is 5.22. The van der Waals surface area contributed by atoms with Crippen LogP contribution in [0, 0.1) is 17.5 Å². The smallest absolute Gasteiger partial charge is 0.168 e. The van der Waals surface area contributed by atoms with Crippen molar-refractivity contribution in [3.05, 3.63) is 59.4 Å². The van der Waals surface area contributed by atoms with Crippen LogP contribution in [0.3, 0.4) is 0 Å². The molecule has 1 N–H and O–H groups in total. The van der Waals surface area contributed by atoms with Gasteiger partial charge in [-0.2, -0.15) is 0 Å². The third-order valence-electron chi connectivity index (χ3n) is 2.87. The highest BCUT2D eigenvalue weighted by molar-refractivity contribution is 5.35. The molecule has 0 aromatic heterocycles. The summed E-state index contributed by atoms with van der Waals surface area (Å²) in [5.41, 5.74) is 0.771. The van der Waals surface area contributed by atoms with Crippen molar-refractivity contribution in [2.24, 2.45) is 0 Å². The molecule has 112 valence electrons. The normalized spacial score (nSPS) is 10.7. The molecule has 0 aliphatic heterocycles. The van der Waals surface area contributed by atoms with Gasteiger partial charge < -0.3 is 10.1 Å². The summed E-state index contributed by atoms with van der Waals surface area (Å²) in [5.74, 6) is -2.48. The zero-order valence-electron chi connectivity index (χ0n) is 11.6. The lowest BCUT2D eigenvalue weighted by atomic mass is 10.2. The second kappa shape index (κ2) is 7.13. The molecule has 21 heavy (non-hydrogen) atoms. The topological polar surface area (TPSA) is 21.3 Å². The Morgan fingerprint density at radius 2 is 1.62 bits per heavy atom. The number of hydrogen-bond donors (Lipinski definition) is 1. The summed E-state index contributed by atoms with van der Waals surface area (Å²) in [7, 11) is 0. The van der Waals surface area contributed by atoms with Crippen LogP contribution >= 0.6 is 0 Å². The maximum atomic E-state index is 13.9. The van der Waals surface area contributed by atoms with Gasteiger partial charge in [0.2, 0.25) is 0 Å². The van der Waals surface area contributed by atoms with Gasteiger partial charge in [-0.15, -0.1) is 0 Å². The van der Waals surface area contributed by atoms with Gasteiger partial charge in [-0.1, -0.05) is 13.0 Å². The lowest BCUT2D eigenvalue weighted by molar-refractivity contribution is 0.411. The monoisotopic (exact) mass is 295 g/mol. The van der Waals surface area contributed by atoms with E-state index in [4.69, 9.17) is 4.74 Å². The molecule has 2 nitrogen and oxygen atoms in total. The molecule has 0 radical (unpaired) electrons. The van der Waals surface area contributed by atoms with Gasteiger partial charge in [0.05, 0.1) is 0 Å². The Balaban J connectivity index is 2.10. The van der Waals surface area contributed by atoms with Crippen molar-refractivity contribution in [2.45, 2.75) is 19.9 Å². The van der Waals surface area contributed by atoms with Crippen LogP contribution in [0.1, 0.15) is 18.9 Å². The van der Waals surface area contributed by atoms with E-state index in [-0.39, 0.29) is 11.5 Å². The van der Waals surface area contributed by atoms with Crippen molar-refractivity contribution in [3.63, 3.8) is 0 Å². The number of hydrogen-bond acceptors (Lipinski definition) is 2. The Morgan fingerprint density at radius 1 is 0.952 bits per heavy atom. The first-order valence-electron chi connectivity index (χ1n) is 6.72. The van der Waals surface area contributed by atoms with E-state index in [2.05, 4.69) is 5.32 Å². The highest BCUT2D eigenvalue weighted by Crippen LogP contribution is 2.27. The summed E-state index contributed by atoms with van der Waals surface area (Å²) in [6, 6.07) is 7.33. The molecule has 0 aliphatic rings. The fraction of sp³-hybridized carbons (Fsp3) is 0.250. The predicted octanol–water partition coefficient (Wildman–Crippen LogP) is 4.40. The average molecular weight is 295 g/mol. The zero-order valence-corrected chi connectivity index (χ0v) is 11.6. The zero-order chi connectivity index (χ0) is 15.2. The minimum absolute atomic E-state index is 0.0975. The summed E-state index contributed by atoms with van der Waals surface area (Å²) in [4.78, 5) is 0. The van der Waals surface area contributed by atoms with Crippen molar-refractivity contribution in [1.29, 1.82) is 0 Å². The Bertz CT molecular complexity index is 616. The van der Waals surface area contributed by atoms with Gasteiger partial charge in [-0.25, -0.2) is 13.2 Å². The lowest BCUT2D eigenvalue weighted by Crippen LogP contribution is -2.13. The molecule has 0 atom stereocenters. The maximum Gasteiger partial charge on any atom is 0.168 e. The fourth-order valence-corrected chi connectivity index (χ4v) is 1.82. The van der Waals surface area contributed by atoms with Gasteiger partial charge in [-0.05, 0) is 42.8 Å². The molecule has 0 saturated heterocycles. The first-order chi connectivity index (χ1) is 10.1. The molecule has 0 spiro atoms. The average Bonchev–Trinajstić information content (AvgIpc) is 2.44. The highest BCUT2D eigenvalue weighted by Gasteiger charge is 2.10. The highest BCUT2D eigenvalue weighted by atomic mass is 19.1. The van der Waals surface area contributed by atoms with E-state index >= 15 is 0 Å². The molecule has 0 aliphatic carbocycles. The summed E-state index contributed by atoms with van der Waals surface area (Å²) in [6.45, 7) is 3.44. The number of nitrogens with one attached hydrogen (secondary N) is 1. The van der Waals surface area contributed by atoms with E-state index in [9.17, 15) is 13.2 Å². The molecule has 2 rings (SSSR count). The molecule has 0 saturated carbocycles. The summed E-state index contributed by atoms with van der Waals surface area (Å²) >= 11 is 0. The van der Waals surface area contributed by atoms with Crippen molar-refractivity contribution in [2.75, 3.05) is 6.54 Å². The van der Waals surface area contributed by atoms with Gasteiger partial charge >= 0.3 is 0 Å². The largest absolute Gasteiger partial charge is 0.451 e. The van der Waals surface area contributed by atoms with Crippen LogP contribution in [-0.4, -0.2) is 6.54 Å². The Hall–Kier alpha value is -2.01. The van der Waals surface area contributed by atoms with Crippen molar-refractivity contribution in [1.82, 2.24) is 5.32 Å². The van der Waals surface area contributed by atoms with Crippen LogP contribution in [0.25, 0.3) is 0 Å². The second-order valence-corrected chi connectivity index (χ2v) is 4.62. The molecule has 0 heterocycles. The molecule has 0 fully saturated rings. The summed E-state index contributed by atoms with van der Waals surface area (Å²) < 4.78 is 45.3. The van der Waals surface area contributed by atoms with E-state index in [0.717, 1.165) is 30.7 Å². The maximum absolute atomic E-state index is 13.9. The first kappa shape index (κ1) is 15.4. The molecule has 2 aromatic rings. The van der Waals surface area contributed by atoms with Crippen molar-refractivity contribution in [3.8, 4) is 11.5 Å². The molecular weight excluding hydrogens is 279 g/mol. The van der Waals surface area contributed by atoms with E-state index in [1.165, 1.54) is 12.1 Å². The molecular formula is C16H16F3NO. The molecule has 0 unspecified atom stereocenters. The Morgan fingerprint density at radius 3 is 2.24 bits per heavy atom. The quantitative estimate of drug-likeness (QED) is 0.798. The lowest BCUT2D eigenvalue weighted by Gasteiger charge is -2.09. The Labute approximate surface area is 121 Å². The van der Waals surface area contributed by atoms with Crippen molar-refractivity contribution < 1.29 is 17.9 Å². The molecule has 5 heteroatoms. The van der Waals surface area contributed by atoms with Gasteiger partial charge in [-0.3, -0.25) is 0 Å². The standard InChI is InChI=1S/C16H16F3NO/c1-2-7-20-10-11-3-5-15(13(18)8-11)21-16-6-4-12(17)9-14(16)19/h3-6,8-9,20H,2,7,10H2,1H3. The SMILES string of the molecule is CCCNCc1ccc(Oc2ccc(F)cc2F)c(F)c1. The number of benzene rings is 2. The van der Waals surface area contributed by atoms with Crippen LogP contribution in [0.5, 0.6) is 11.5 Å². The molecule has 0 bridgehead atoms. The van der Waals surface area contributed by atoms with Gasteiger partial charge in [0.25, 0.3) is 0 Å². The van der Waals surface area contributed by atoms with E-state index in [1.54, 1.807) is 6.07 Å².